The maximum atomic E-state index is 13.9. The lowest BCUT2D eigenvalue weighted by molar-refractivity contribution is -0.131. The molecule has 4 N–H and O–H groups in total. The van der Waals surface area contributed by atoms with Crippen LogP contribution in [0.15, 0.2) is 95.5 Å². The molecule has 1 saturated heterocycles. The molecule has 1 fully saturated rings. The molecule has 8 heteroatoms. The third-order valence-electron chi connectivity index (χ3n) is 7.38. The van der Waals surface area contributed by atoms with Gasteiger partial charge in [0.25, 0.3) is 0 Å². The maximum absolute atomic E-state index is 13.9. The van der Waals surface area contributed by atoms with Gasteiger partial charge in [0.05, 0.1) is 5.92 Å². The zero-order valence-electron chi connectivity index (χ0n) is 28.4. The number of likely N-dealkylation sites (tertiary alicyclic amines) is 1. The number of rotatable bonds is 10. The lowest BCUT2D eigenvalue weighted by Gasteiger charge is -2.34. The Kier molecular flexibility index (Phi) is 17.0. The first-order chi connectivity index (χ1) is 22.1. The number of halogens is 1. The molecular weight excluding hydrogens is 577 g/mol. The number of hydrogen-bond acceptors (Lipinski definition) is 5. The number of nitrogens with zero attached hydrogens (tertiary/aromatic N) is 2. The number of aryl methyl sites for hydroxylation is 1. The first-order valence-electron chi connectivity index (χ1n) is 16.2. The number of aliphatic imine (C=N–C) groups is 1. The fourth-order valence-corrected chi connectivity index (χ4v) is 5.16. The van der Waals surface area contributed by atoms with Crippen molar-refractivity contribution in [2.24, 2.45) is 16.6 Å². The lowest BCUT2D eigenvalue weighted by atomic mass is 9.95. The Morgan fingerprint density at radius 3 is 2.22 bits per heavy atom. The Morgan fingerprint density at radius 1 is 1.02 bits per heavy atom. The summed E-state index contributed by atoms with van der Waals surface area (Å²) in [6.07, 6.45) is 4.49. The Balaban J connectivity index is 0.000000515. The number of carbonyl (C=O) groups is 2. The molecule has 0 aromatic heterocycles. The molecule has 3 aromatic rings. The van der Waals surface area contributed by atoms with Crippen molar-refractivity contribution in [2.45, 2.75) is 72.9 Å². The third-order valence-corrected chi connectivity index (χ3v) is 7.38. The van der Waals surface area contributed by atoms with Crippen molar-refractivity contribution in [3.63, 3.8) is 0 Å². The molecule has 0 bridgehead atoms. The van der Waals surface area contributed by atoms with E-state index in [1.54, 1.807) is 11.8 Å². The number of piperidine rings is 1. The normalized spacial score (nSPS) is 15.5. The lowest BCUT2D eigenvalue weighted by Crippen LogP contribution is -2.50. The second-order valence-electron chi connectivity index (χ2n) is 11.4. The molecule has 248 valence electrons. The van der Waals surface area contributed by atoms with Crippen molar-refractivity contribution in [2.75, 3.05) is 20.1 Å². The van der Waals surface area contributed by atoms with Gasteiger partial charge in [-0.1, -0.05) is 99.1 Å². The van der Waals surface area contributed by atoms with E-state index in [4.69, 9.17) is 5.73 Å². The van der Waals surface area contributed by atoms with Gasteiger partial charge in [0.2, 0.25) is 11.8 Å². The van der Waals surface area contributed by atoms with E-state index < -0.39 is 11.9 Å². The minimum Gasteiger partial charge on any atom is -0.368 e. The summed E-state index contributed by atoms with van der Waals surface area (Å²) in [5, 5.41) is 5.91. The zero-order chi connectivity index (χ0) is 33.9. The molecule has 0 aliphatic carbocycles. The molecule has 2 atom stereocenters. The molecular formula is C38H52FN5O2. The number of hydrogen-bond donors (Lipinski definition) is 3. The monoisotopic (exact) mass is 629 g/mol. The molecule has 1 heterocycles. The van der Waals surface area contributed by atoms with E-state index in [2.05, 4.69) is 60.7 Å². The standard InChI is InChI=1S/C27H33FN4O2.C8H11N.C3H8/c1-4-30-26(19(3)28)32-15-7-9-22(17-32)27(34)31-24(25(29)33)16-20-11-13-21(14-12-20)23-10-6-5-8-18(23)2;1-9-7-8-5-3-2-4-6-8;1-3-2/h4-6,8,10-14,22,24H,7,9,15-17H2,1-3H3,(H2,29,33)(H,31,34);2-6,9H,7H2,1H3;3H2,1-2H3/b26-19-,30-4-;;. The summed E-state index contributed by atoms with van der Waals surface area (Å²) in [6.45, 7) is 11.3. The van der Waals surface area contributed by atoms with Gasteiger partial charge in [-0.2, -0.15) is 0 Å². The van der Waals surface area contributed by atoms with E-state index in [1.807, 2.05) is 61.6 Å². The molecule has 2 unspecified atom stereocenters. The van der Waals surface area contributed by atoms with Crippen molar-refractivity contribution in [3.05, 3.63) is 107 Å². The van der Waals surface area contributed by atoms with Gasteiger partial charge in [0.15, 0.2) is 5.82 Å². The van der Waals surface area contributed by atoms with E-state index in [0.717, 1.165) is 29.7 Å². The van der Waals surface area contributed by atoms with Gasteiger partial charge in [0, 0.05) is 32.3 Å². The van der Waals surface area contributed by atoms with Gasteiger partial charge in [0.1, 0.15) is 11.9 Å². The Morgan fingerprint density at radius 2 is 1.65 bits per heavy atom. The van der Waals surface area contributed by atoms with Crippen LogP contribution in [-0.2, 0) is 22.6 Å². The number of primary amides is 1. The fraction of sp³-hybridized carbons (Fsp3) is 0.395. The van der Waals surface area contributed by atoms with Crippen molar-refractivity contribution in [3.8, 4) is 11.1 Å². The molecule has 1 aliphatic heterocycles. The fourth-order valence-electron chi connectivity index (χ4n) is 5.16. The highest BCUT2D eigenvalue weighted by Crippen LogP contribution is 2.25. The molecule has 1 aliphatic rings. The highest BCUT2D eigenvalue weighted by Gasteiger charge is 2.30. The van der Waals surface area contributed by atoms with Crippen LogP contribution in [0.5, 0.6) is 0 Å². The second-order valence-corrected chi connectivity index (χ2v) is 11.4. The van der Waals surface area contributed by atoms with Crippen molar-refractivity contribution in [1.29, 1.82) is 0 Å². The van der Waals surface area contributed by atoms with Crippen LogP contribution in [0.2, 0.25) is 0 Å². The number of nitrogens with one attached hydrogen (secondary N) is 2. The second kappa shape index (κ2) is 20.7. The van der Waals surface area contributed by atoms with Gasteiger partial charge in [-0.05, 0) is 68.5 Å². The van der Waals surface area contributed by atoms with Gasteiger partial charge in [-0.3, -0.25) is 9.59 Å². The summed E-state index contributed by atoms with van der Waals surface area (Å²) in [6, 6.07) is 25.6. The summed E-state index contributed by atoms with van der Waals surface area (Å²) in [4.78, 5) is 31.0. The molecule has 3 aromatic carbocycles. The minimum absolute atomic E-state index is 0.249. The smallest absolute Gasteiger partial charge is 0.240 e. The Bertz CT molecular complexity index is 1400. The van der Waals surface area contributed by atoms with E-state index in [0.29, 0.717) is 25.9 Å². The number of amides is 2. The van der Waals surface area contributed by atoms with Crippen molar-refractivity contribution in [1.82, 2.24) is 15.5 Å². The summed E-state index contributed by atoms with van der Waals surface area (Å²) in [7, 11) is 1.95. The quantitative estimate of drug-likeness (QED) is 0.211. The topological polar surface area (TPSA) is 99.8 Å². The average Bonchev–Trinajstić information content (AvgIpc) is 3.05. The van der Waals surface area contributed by atoms with Gasteiger partial charge >= 0.3 is 0 Å². The first-order valence-corrected chi connectivity index (χ1v) is 16.2. The number of carbonyl (C=O) groups excluding carboxylic acids is 2. The summed E-state index contributed by atoms with van der Waals surface area (Å²) >= 11 is 0. The van der Waals surface area contributed by atoms with Crippen LogP contribution in [-0.4, -0.2) is 49.1 Å². The average molecular weight is 630 g/mol. The maximum Gasteiger partial charge on any atom is 0.240 e. The summed E-state index contributed by atoms with van der Waals surface area (Å²) in [5.74, 6) is -1.34. The Labute approximate surface area is 275 Å². The third kappa shape index (κ3) is 12.6. The predicted molar refractivity (Wildman–Crippen MR) is 189 cm³/mol. The predicted octanol–water partition coefficient (Wildman–Crippen LogP) is 6.96. The minimum atomic E-state index is -0.821. The summed E-state index contributed by atoms with van der Waals surface area (Å²) in [5.41, 5.74) is 11.3. The van der Waals surface area contributed by atoms with Crippen LogP contribution in [0.25, 0.3) is 11.1 Å². The molecule has 2 amide bonds. The molecule has 46 heavy (non-hydrogen) atoms. The highest BCUT2D eigenvalue weighted by atomic mass is 19.1. The van der Waals surface area contributed by atoms with Crippen LogP contribution in [0.4, 0.5) is 4.39 Å². The van der Waals surface area contributed by atoms with E-state index in [-0.39, 0.29) is 23.5 Å². The highest BCUT2D eigenvalue weighted by molar-refractivity contribution is 5.88. The largest absolute Gasteiger partial charge is 0.368 e. The van der Waals surface area contributed by atoms with Crippen LogP contribution < -0.4 is 16.4 Å². The summed E-state index contributed by atoms with van der Waals surface area (Å²) < 4.78 is 13.9. The molecule has 4 rings (SSSR count). The molecule has 7 nitrogen and oxygen atoms in total. The number of allylic oxidation sites excluding steroid dienone is 1. The molecule has 0 saturated carbocycles. The van der Waals surface area contributed by atoms with E-state index >= 15 is 0 Å². The van der Waals surface area contributed by atoms with Gasteiger partial charge in [-0.25, -0.2) is 9.38 Å². The van der Waals surface area contributed by atoms with Gasteiger partial charge in [-0.15, -0.1) is 0 Å². The van der Waals surface area contributed by atoms with Crippen molar-refractivity contribution < 1.29 is 14.0 Å². The van der Waals surface area contributed by atoms with Crippen LogP contribution in [0, 0.1) is 12.8 Å². The zero-order valence-corrected chi connectivity index (χ0v) is 28.4. The number of nitrogens with two attached hydrogens (primary N) is 1. The van der Waals surface area contributed by atoms with Crippen molar-refractivity contribution >= 4 is 18.0 Å². The Hall–Kier alpha value is -4.30. The first kappa shape index (κ1) is 37.9. The molecule has 0 spiro atoms. The van der Waals surface area contributed by atoms with E-state index in [1.165, 1.54) is 30.7 Å². The van der Waals surface area contributed by atoms with Gasteiger partial charge < -0.3 is 21.3 Å². The number of benzene rings is 3. The van der Waals surface area contributed by atoms with E-state index in [9.17, 15) is 14.0 Å². The van der Waals surface area contributed by atoms with Crippen LogP contribution in [0.3, 0.4) is 0 Å². The van der Waals surface area contributed by atoms with Crippen LogP contribution >= 0.6 is 0 Å². The van der Waals surface area contributed by atoms with Crippen LogP contribution in [0.1, 0.15) is 63.6 Å². The molecule has 0 radical (unpaired) electrons. The SMILES string of the molecule is C/C=N\C(=C(/C)F)N1CCCC(C(=O)NC(Cc2ccc(-c3ccccc3C)cc2)C(N)=O)C1.CCC.CNCc1ccccc1.